The van der Waals surface area contributed by atoms with Crippen LogP contribution in [0.4, 0.5) is 0 Å². The van der Waals surface area contributed by atoms with Gasteiger partial charge in [0.15, 0.2) is 0 Å². The molecule has 0 aliphatic rings. The molecule has 1 atom stereocenters. The molecule has 2 nitrogen and oxygen atoms in total. The summed E-state index contributed by atoms with van der Waals surface area (Å²) in [4.78, 5) is 0. The molecule has 0 spiro atoms. The van der Waals surface area contributed by atoms with Crippen molar-refractivity contribution in [1.29, 1.82) is 0 Å². The topological polar surface area (TPSA) is 40.1 Å². The SMILES string of the molecule is O=S([O-])Cc1ccccc1I.[Na+]. The largest absolute Gasteiger partial charge is 1.00 e. The molecular weight excluding hydrogens is 298 g/mol. The normalized spacial score (nSPS) is 11.8. The first-order chi connectivity index (χ1) is 5.20. The molecule has 60 valence electrons. The van der Waals surface area contributed by atoms with Crippen molar-refractivity contribution < 1.29 is 38.3 Å². The van der Waals surface area contributed by atoms with Crippen LogP contribution < -0.4 is 29.6 Å². The molecule has 5 heteroatoms. The van der Waals surface area contributed by atoms with Crippen LogP contribution in [0, 0.1) is 3.57 Å². The molecule has 1 aromatic rings. The van der Waals surface area contributed by atoms with Gasteiger partial charge in [-0.15, -0.1) is 0 Å². The van der Waals surface area contributed by atoms with Gasteiger partial charge < -0.3 is 4.55 Å². The van der Waals surface area contributed by atoms with Crippen molar-refractivity contribution in [3.8, 4) is 0 Å². The Morgan fingerprint density at radius 1 is 1.42 bits per heavy atom. The number of hydrogen-bond acceptors (Lipinski definition) is 2. The average Bonchev–Trinajstić information content (AvgIpc) is 1.93. The standard InChI is InChI=1S/C7H7IO2S.Na/c8-7-4-2-1-3-6(7)5-11(9)10;/h1-4H,5H2,(H,9,10);/q;+1/p-1. The van der Waals surface area contributed by atoms with E-state index in [1.807, 2.05) is 24.3 Å². The van der Waals surface area contributed by atoms with Gasteiger partial charge in [-0.3, -0.25) is 4.21 Å². The molecular formula is C7H6INaO2S. The van der Waals surface area contributed by atoms with Gasteiger partial charge >= 0.3 is 29.6 Å². The van der Waals surface area contributed by atoms with E-state index in [0.717, 1.165) is 9.13 Å². The molecule has 0 saturated carbocycles. The van der Waals surface area contributed by atoms with Gasteiger partial charge in [-0.25, -0.2) is 0 Å². The van der Waals surface area contributed by atoms with Crippen molar-refractivity contribution in [2.75, 3.05) is 0 Å². The Kier molecular flexibility index (Phi) is 7.08. The average molecular weight is 304 g/mol. The summed E-state index contributed by atoms with van der Waals surface area (Å²) >= 11 is 0.139. The van der Waals surface area contributed by atoms with Gasteiger partial charge in [0.05, 0.1) is 0 Å². The molecule has 1 rings (SSSR count). The van der Waals surface area contributed by atoms with Crippen molar-refractivity contribution in [2.45, 2.75) is 5.75 Å². The second kappa shape index (κ2) is 6.50. The Labute approximate surface area is 110 Å². The fourth-order valence-electron chi connectivity index (χ4n) is 0.742. The molecule has 0 N–H and O–H groups in total. The predicted octanol–water partition coefficient (Wildman–Crippen LogP) is -1.33. The van der Waals surface area contributed by atoms with Gasteiger partial charge in [-0.05, 0) is 34.2 Å². The Morgan fingerprint density at radius 3 is 2.50 bits per heavy atom. The minimum Gasteiger partial charge on any atom is -0.772 e. The maximum Gasteiger partial charge on any atom is 1.00 e. The van der Waals surface area contributed by atoms with Gasteiger partial charge in [0, 0.05) is 9.32 Å². The van der Waals surface area contributed by atoms with Crippen LogP contribution in [-0.4, -0.2) is 8.76 Å². The summed E-state index contributed by atoms with van der Waals surface area (Å²) in [6.07, 6.45) is 0. The van der Waals surface area contributed by atoms with E-state index in [0.29, 0.717) is 0 Å². The molecule has 0 radical (unpaired) electrons. The molecule has 0 fully saturated rings. The molecule has 0 saturated heterocycles. The molecule has 0 amide bonds. The van der Waals surface area contributed by atoms with E-state index in [9.17, 15) is 8.76 Å². The van der Waals surface area contributed by atoms with E-state index in [2.05, 4.69) is 22.6 Å². The first kappa shape index (κ1) is 13.1. The number of halogens is 1. The first-order valence-corrected chi connectivity index (χ1v) is 5.31. The van der Waals surface area contributed by atoms with Crippen LogP contribution in [-0.2, 0) is 16.8 Å². The van der Waals surface area contributed by atoms with E-state index < -0.39 is 11.1 Å². The second-order valence-electron chi connectivity index (χ2n) is 2.04. The molecule has 0 heterocycles. The predicted molar refractivity (Wildman–Crippen MR) is 51.8 cm³/mol. The van der Waals surface area contributed by atoms with E-state index in [1.165, 1.54) is 0 Å². The summed E-state index contributed by atoms with van der Waals surface area (Å²) in [6.45, 7) is 0. The summed E-state index contributed by atoms with van der Waals surface area (Å²) < 4.78 is 21.6. The number of benzene rings is 1. The van der Waals surface area contributed by atoms with Crippen LogP contribution in [0.15, 0.2) is 24.3 Å². The third kappa shape index (κ3) is 4.34. The van der Waals surface area contributed by atoms with E-state index in [4.69, 9.17) is 0 Å². The smallest absolute Gasteiger partial charge is 0.772 e. The van der Waals surface area contributed by atoms with Crippen molar-refractivity contribution in [2.24, 2.45) is 0 Å². The molecule has 0 aliphatic carbocycles. The minimum atomic E-state index is -1.98. The first-order valence-electron chi connectivity index (χ1n) is 2.99. The second-order valence-corrected chi connectivity index (χ2v) is 4.10. The van der Waals surface area contributed by atoms with E-state index in [-0.39, 0.29) is 35.3 Å². The summed E-state index contributed by atoms with van der Waals surface area (Å²) in [5.74, 6) is 0.110. The van der Waals surface area contributed by atoms with Crippen molar-refractivity contribution in [1.82, 2.24) is 0 Å². The molecule has 12 heavy (non-hydrogen) atoms. The van der Waals surface area contributed by atoms with Crippen molar-refractivity contribution in [3.05, 3.63) is 33.4 Å². The summed E-state index contributed by atoms with van der Waals surface area (Å²) in [6, 6.07) is 7.43. The van der Waals surface area contributed by atoms with E-state index in [1.54, 1.807) is 0 Å². The maximum atomic E-state index is 10.3. The molecule has 0 bridgehead atoms. The number of hydrogen-bond donors (Lipinski definition) is 0. The van der Waals surface area contributed by atoms with Crippen molar-refractivity contribution in [3.63, 3.8) is 0 Å². The Balaban J connectivity index is 0.00000121. The van der Waals surface area contributed by atoms with Gasteiger partial charge in [0.1, 0.15) is 0 Å². The monoisotopic (exact) mass is 304 g/mol. The van der Waals surface area contributed by atoms with Crippen LogP contribution >= 0.6 is 22.6 Å². The Bertz CT molecular complexity index is 280. The summed E-state index contributed by atoms with van der Waals surface area (Å²) in [7, 11) is 0. The van der Waals surface area contributed by atoms with Gasteiger partial charge in [0.25, 0.3) is 0 Å². The quantitative estimate of drug-likeness (QED) is 0.386. The van der Waals surface area contributed by atoms with Crippen LogP contribution in [0.5, 0.6) is 0 Å². The molecule has 0 aromatic heterocycles. The fourth-order valence-corrected chi connectivity index (χ4v) is 2.08. The zero-order valence-corrected chi connectivity index (χ0v) is 11.6. The Hall–Kier alpha value is 1.06. The van der Waals surface area contributed by atoms with Crippen molar-refractivity contribution >= 4 is 33.7 Å². The summed E-state index contributed by atoms with van der Waals surface area (Å²) in [5.41, 5.74) is 0.862. The zero-order chi connectivity index (χ0) is 8.27. The molecule has 1 unspecified atom stereocenters. The maximum absolute atomic E-state index is 10.3. The summed E-state index contributed by atoms with van der Waals surface area (Å²) in [5, 5.41) is 0. The van der Waals surface area contributed by atoms with E-state index >= 15 is 0 Å². The van der Waals surface area contributed by atoms with Crippen LogP contribution in [0.25, 0.3) is 0 Å². The number of rotatable bonds is 2. The third-order valence-corrected chi connectivity index (χ3v) is 2.83. The van der Waals surface area contributed by atoms with Crippen LogP contribution in [0.2, 0.25) is 0 Å². The van der Waals surface area contributed by atoms with Gasteiger partial charge in [-0.1, -0.05) is 29.3 Å². The van der Waals surface area contributed by atoms with Gasteiger partial charge in [-0.2, -0.15) is 0 Å². The fraction of sp³-hybridized carbons (Fsp3) is 0.143. The van der Waals surface area contributed by atoms with Crippen LogP contribution in [0.1, 0.15) is 5.56 Å². The molecule has 1 aromatic carbocycles. The minimum absolute atomic E-state index is 0. The third-order valence-electron chi connectivity index (χ3n) is 1.23. The van der Waals surface area contributed by atoms with Crippen LogP contribution in [0.3, 0.4) is 0 Å². The van der Waals surface area contributed by atoms with Gasteiger partial charge in [0.2, 0.25) is 0 Å². The zero-order valence-electron chi connectivity index (χ0n) is 6.62. The molecule has 0 aliphatic heterocycles. The Morgan fingerprint density at radius 2 is 2.00 bits per heavy atom.